The standard InChI is InChI=1S/C9H5BrClIN2S/c10-7-2-1-5(12)3-6(7)9-14-13-8(4-11)15-9/h1-3H,4H2. The highest BCUT2D eigenvalue weighted by Crippen LogP contribution is 2.32. The van der Waals surface area contributed by atoms with Crippen molar-refractivity contribution in [2.75, 3.05) is 0 Å². The van der Waals surface area contributed by atoms with Crippen LogP contribution in [0.3, 0.4) is 0 Å². The minimum Gasteiger partial charge on any atom is -0.142 e. The summed E-state index contributed by atoms with van der Waals surface area (Å²) in [5, 5.41) is 9.85. The summed E-state index contributed by atoms with van der Waals surface area (Å²) in [7, 11) is 0. The molecule has 0 atom stereocenters. The lowest BCUT2D eigenvalue weighted by atomic mass is 10.2. The maximum atomic E-state index is 5.69. The fourth-order valence-corrected chi connectivity index (χ4v) is 3.07. The molecule has 0 spiro atoms. The molecule has 0 bridgehead atoms. The molecule has 0 N–H and O–H groups in total. The number of nitrogens with zero attached hydrogens (tertiary/aromatic N) is 2. The first kappa shape index (κ1) is 11.8. The van der Waals surface area contributed by atoms with E-state index in [0.717, 1.165) is 20.1 Å². The highest BCUT2D eigenvalue weighted by molar-refractivity contribution is 14.1. The lowest BCUT2D eigenvalue weighted by molar-refractivity contribution is 1.04. The summed E-state index contributed by atoms with van der Waals surface area (Å²) < 4.78 is 2.20. The Morgan fingerprint density at radius 3 is 2.87 bits per heavy atom. The lowest BCUT2D eigenvalue weighted by Crippen LogP contribution is -1.81. The third kappa shape index (κ3) is 2.69. The first-order valence-corrected chi connectivity index (χ1v) is 7.27. The van der Waals surface area contributed by atoms with Crippen LogP contribution in [0.2, 0.25) is 0 Å². The minimum atomic E-state index is 0.416. The molecule has 0 amide bonds. The third-order valence-electron chi connectivity index (χ3n) is 1.74. The number of halogens is 3. The largest absolute Gasteiger partial charge is 0.149 e. The molecule has 1 aromatic carbocycles. The van der Waals surface area contributed by atoms with Gasteiger partial charge < -0.3 is 0 Å². The van der Waals surface area contributed by atoms with E-state index >= 15 is 0 Å². The van der Waals surface area contributed by atoms with E-state index in [-0.39, 0.29) is 0 Å². The third-order valence-corrected chi connectivity index (χ3v) is 4.47. The van der Waals surface area contributed by atoms with E-state index < -0.39 is 0 Å². The summed E-state index contributed by atoms with van der Waals surface area (Å²) in [5.41, 5.74) is 1.07. The van der Waals surface area contributed by atoms with Crippen molar-refractivity contribution >= 4 is 61.5 Å². The van der Waals surface area contributed by atoms with Crippen LogP contribution >= 0.6 is 61.5 Å². The first-order valence-electron chi connectivity index (χ1n) is 4.04. The van der Waals surface area contributed by atoms with Gasteiger partial charge in [0.05, 0.1) is 5.88 Å². The van der Waals surface area contributed by atoms with Crippen molar-refractivity contribution in [3.8, 4) is 10.6 Å². The van der Waals surface area contributed by atoms with Crippen LogP contribution < -0.4 is 0 Å². The fraction of sp³-hybridized carbons (Fsp3) is 0.111. The van der Waals surface area contributed by atoms with E-state index in [4.69, 9.17) is 11.6 Å². The van der Waals surface area contributed by atoms with Gasteiger partial charge in [0.2, 0.25) is 0 Å². The summed E-state index contributed by atoms with van der Waals surface area (Å²) >= 11 is 13.0. The predicted molar refractivity (Wildman–Crippen MR) is 75.3 cm³/mol. The lowest BCUT2D eigenvalue weighted by Gasteiger charge is -1.99. The van der Waals surface area contributed by atoms with Gasteiger partial charge in [-0.3, -0.25) is 0 Å². The molecule has 1 heterocycles. The van der Waals surface area contributed by atoms with Crippen molar-refractivity contribution in [3.63, 3.8) is 0 Å². The minimum absolute atomic E-state index is 0.416. The van der Waals surface area contributed by atoms with E-state index in [2.05, 4.69) is 54.8 Å². The van der Waals surface area contributed by atoms with Crippen LogP contribution in [0, 0.1) is 3.57 Å². The molecular weight excluding hydrogens is 410 g/mol. The Hall–Kier alpha value is 0.280. The van der Waals surface area contributed by atoms with Crippen molar-refractivity contribution in [3.05, 3.63) is 31.2 Å². The van der Waals surface area contributed by atoms with Crippen molar-refractivity contribution in [2.24, 2.45) is 0 Å². The van der Waals surface area contributed by atoms with Crippen molar-refractivity contribution in [1.82, 2.24) is 10.2 Å². The molecule has 0 saturated heterocycles. The smallest absolute Gasteiger partial charge is 0.142 e. The van der Waals surface area contributed by atoms with Gasteiger partial charge in [0.25, 0.3) is 0 Å². The van der Waals surface area contributed by atoms with E-state index in [1.165, 1.54) is 14.9 Å². The zero-order valence-electron chi connectivity index (χ0n) is 7.38. The molecule has 15 heavy (non-hydrogen) atoms. The highest BCUT2D eigenvalue weighted by atomic mass is 127. The van der Waals surface area contributed by atoms with Gasteiger partial charge in [0, 0.05) is 13.6 Å². The number of aromatic nitrogens is 2. The van der Waals surface area contributed by atoms with Crippen LogP contribution in [0.1, 0.15) is 5.01 Å². The monoisotopic (exact) mass is 414 g/mol. The van der Waals surface area contributed by atoms with E-state index in [1.807, 2.05) is 12.1 Å². The molecule has 0 radical (unpaired) electrons. The molecule has 2 nitrogen and oxygen atoms in total. The molecule has 78 valence electrons. The molecular formula is C9H5BrClIN2S. The van der Waals surface area contributed by atoms with Crippen molar-refractivity contribution in [1.29, 1.82) is 0 Å². The SMILES string of the molecule is ClCc1nnc(-c2cc(I)ccc2Br)s1. The zero-order chi connectivity index (χ0) is 10.8. The van der Waals surface area contributed by atoms with Gasteiger partial charge in [0.15, 0.2) is 0 Å². The van der Waals surface area contributed by atoms with Crippen molar-refractivity contribution < 1.29 is 0 Å². The molecule has 0 aliphatic carbocycles. The number of hydrogen-bond acceptors (Lipinski definition) is 3. The Kier molecular flexibility index (Phi) is 3.98. The maximum absolute atomic E-state index is 5.69. The Morgan fingerprint density at radius 1 is 1.40 bits per heavy atom. The molecule has 0 aliphatic rings. The van der Waals surface area contributed by atoms with Crippen LogP contribution in [0.5, 0.6) is 0 Å². The van der Waals surface area contributed by atoms with Crippen LogP contribution in [-0.2, 0) is 5.88 Å². The number of hydrogen-bond donors (Lipinski definition) is 0. The fourth-order valence-electron chi connectivity index (χ4n) is 1.08. The second-order valence-corrected chi connectivity index (χ2v) is 6.19. The summed E-state index contributed by atoms with van der Waals surface area (Å²) in [4.78, 5) is 0. The van der Waals surface area contributed by atoms with Gasteiger partial charge in [-0.25, -0.2) is 0 Å². The molecule has 0 aliphatic heterocycles. The van der Waals surface area contributed by atoms with Crippen molar-refractivity contribution in [2.45, 2.75) is 5.88 Å². The molecule has 0 saturated carbocycles. The van der Waals surface area contributed by atoms with Gasteiger partial charge >= 0.3 is 0 Å². The second-order valence-electron chi connectivity index (χ2n) is 2.76. The Morgan fingerprint density at radius 2 is 2.20 bits per heavy atom. The maximum Gasteiger partial charge on any atom is 0.149 e. The highest BCUT2D eigenvalue weighted by Gasteiger charge is 2.09. The molecule has 2 rings (SSSR count). The average molecular weight is 415 g/mol. The second kappa shape index (κ2) is 5.07. The number of benzene rings is 1. The normalized spacial score (nSPS) is 10.6. The van der Waals surface area contributed by atoms with Crippen LogP contribution in [0.15, 0.2) is 22.7 Å². The van der Waals surface area contributed by atoms with Crippen LogP contribution in [0.25, 0.3) is 10.6 Å². The van der Waals surface area contributed by atoms with Gasteiger partial charge in [-0.15, -0.1) is 21.8 Å². The molecule has 1 aromatic heterocycles. The summed E-state index contributed by atoms with van der Waals surface area (Å²) in [5.74, 6) is 0.416. The Bertz CT molecular complexity index is 489. The number of alkyl halides is 1. The zero-order valence-corrected chi connectivity index (χ0v) is 12.7. The van der Waals surface area contributed by atoms with E-state index in [9.17, 15) is 0 Å². The Labute approximate surface area is 118 Å². The van der Waals surface area contributed by atoms with Crippen LogP contribution in [-0.4, -0.2) is 10.2 Å². The summed E-state index contributed by atoms with van der Waals surface area (Å²) in [6, 6.07) is 6.12. The topological polar surface area (TPSA) is 25.8 Å². The molecule has 0 fully saturated rings. The van der Waals surface area contributed by atoms with Gasteiger partial charge in [0.1, 0.15) is 10.0 Å². The van der Waals surface area contributed by atoms with Gasteiger partial charge in [-0.2, -0.15) is 0 Å². The summed E-state index contributed by atoms with van der Waals surface area (Å²) in [6.07, 6.45) is 0. The molecule has 6 heteroatoms. The van der Waals surface area contributed by atoms with E-state index in [1.54, 1.807) is 0 Å². The molecule has 2 aromatic rings. The molecule has 0 unspecified atom stereocenters. The average Bonchev–Trinajstić information content (AvgIpc) is 2.70. The first-order chi connectivity index (χ1) is 7.20. The Balaban J connectivity index is 2.48. The van der Waals surface area contributed by atoms with Crippen LogP contribution in [0.4, 0.5) is 0 Å². The van der Waals surface area contributed by atoms with Gasteiger partial charge in [-0.05, 0) is 40.8 Å². The summed E-state index contributed by atoms with van der Waals surface area (Å²) in [6.45, 7) is 0. The number of rotatable bonds is 2. The predicted octanol–water partition coefficient (Wildman–Crippen LogP) is 4.31. The van der Waals surface area contributed by atoms with E-state index in [0.29, 0.717) is 5.88 Å². The van der Waals surface area contributed by atoms with Gasteiger partial charge in [-0.1, -0.05) is 27.3 Å². The quantitative estimate of drug-likeness (QED) is 0.540.